The summed E-state index contributed by atoms with van der Waals surface area (Å²) in [6, 6.07) is 6.56. The summed E-state index contributed by atoms with van der Waals surface area (Å²) >= 11 is 1.04. The number of carbonyl (C=O) groups is 1. The number of halogens is 3. The number of fused-ring (bicyclic) bond motifs is 1. The average Bonchev–Trinajstić information content (AvgIpc) is 2.96. The average molecular weight is 352 g/mol. The van der Waals surface area contributed by atoms with Crippen LogP contribution in [0.2, 0.25) is 0 Å². The third kappa shape index (κ3) is 2.78. The third-order valence-corrected chi connectivity index (χ3v) is 4.38. The molecule has 0 spiro atoms. The SMILES string of the molecule is CNC(=O)c1cc2c(-c3ccccc3C(F)(F)F)nc(N)nc2s1. The van der Waals surface area contributed by atoms with Crippen molar-refractivity contribution in [2.75, 3.05) is 12.8 Å². The van der Waals surface area contributed by atoms with Gasteiger partial charge in [0, 0.05) is 18.0 Å². The molecule has 1 aromatic carbocycles. The molecule has 9 heteroatoms. The van der Waals surface area contributed by atoms with Gasteiger partial charge in [0.25, 0.3) is 5.91 Å². The minimum Gasteiger partial charge on any atom is -0.368 e. The molecule has 124 valence electrons. The van der Waals surface area contributed by atoms with Crippen molar-refractivity contribution in [1.29, 1.82) is 0 Å². The second-order valence-corrected chi connectivity index (χ2v) is 5.91. The fourth-order valence-corrected chi connectivity index (χ4v) is 3.30. The smallest absolute Gasteiger partial charge is 0.368 e. The fourth-order valence-electron chi connectivity index (χ4n) is 2.32. The Labute approximate surface area is 138 Å². The summed E-state index contributed by atoms with van der Waals surface area (Å²) < 4.78 is 39.9. The normalized spacial score (nSPS) is 11.7. The van der Waals surface area contributed by atoms with Gasteiger partial charge in [0.05, 0.1) is 16.1 Å². The molecule has 0 aliphatic rings. The number of hydrogen-bond donors (Lipinski definition) is 2. The van der Waals surface area contributed by atoms with Crippen molar-refractivity contribution in [1.82, 2.24) is 15.3 Å². The summed E-state index contributed by atoms with van der Waals surface area (Å²) in [6.07, 6.45) is -4.54. The number of benzene rings is 1. The summed E-state index contributed by atoms with van der Waals surface area (Å²) in [5.41, 5.74) is 4.77. The van der Waals surface area contributed by atoms with Crippen LogP contribution in [0.1, 0.15) is 15.2 Å². The van der Waals surface area contributed by atoms with E-state index in [1.54, 1.807) is 0 Å². The van der Waals surface area contributed by atoms with Crippen LogP contribution in [0.4, 0.5) is 19.1 Å². The summed E-state index contributed by atoms with van der Waals surface area (Å²) in [5, 5.41) is 2.82. The van der Waals surface area contributed by atoms with Gasteiger partial charge in [0.15, 0.2) is 0 Å². The van der Waals surface area contributed by atoms with Gasteiger partial charge in [-0.25, -0.2) is 9.97 Å². The molecular formula is C15H11F3N4OS. The summed E-state index contributed by atoms with van der Waals surface area (Å²) in [6.45, 7) is 0. The zero-order valence-electron chi connectivity index (χ0n) is 12.3. The van der Waals surface area contributed by atoms with Crippen LogP contribution in [0.25, 0.3) is 21.5 Å². The number of nitrogens with two attached hydrogens (primary N) is 1. The maximum atomic E-state index is 13.3. The zero-order chi connectivity index (χ0) is 17.5. The molecular weight excluding hydrogens is 341 g/mol. The number of nitrogens with zero attached hydrogens (tertiary/aromatic N) is 2. The number of carbonyl (C=O) groups excluding carboxylic acids is 1. The Morgan fingerprint density at radius 3 is 2.62 bits per heavy atom. The predicted molar refractivity (Wildman–Crippen MR) is 85.7 cm³/mol. The first kappa shape index (κ1) is 16.2. The van der Waals surface area contributed by atoms with Crippen LogP contribution in [-0.4, -0.2) is 22.9 Å². The molecule has 0 bridgehead atoms. The topological polar surface area (TPSA) is 80.9 Å². The number of amides is 1. The number of nitrogen functional groups attached to an aromatic ring is 1. The first-order valence-corrected chi connectivity index (χ1v) is 7.58. The Morgan fingerprint density at radius 1 is 1.25 bits per heavy atom. The standard InChI is InChI=1S/C15H11F3N4OS/c1-20-12(23)10-6-8-11(21-14(19)22-13(8)24-10)7-4-2-3-5-9(7)15(16,17)18/h2-6H,1H3,(H,20,23)(H2,19,21,22). The van der Waals surface area contributed by atoms with Crippen molar-refractivity contribution < 1.29 is 18.0 Å². The molecule has 0 aliphatic heterocycles. The largest absolute Gasteiger partial charge is 0.417 e. The molecule has 0 unspecified atom stereocenters. The number of aromatic nitrogens is 2. The van der Waals surface area contributed by atoms with Gasteiger partial charge in [-0.05, 0) is 12.1 Å². The summed E-state index contributed by atoms with van der Waals surface area (Å²) in [4.78, 5) is 20.5. The summed E-state index contributed by atoms with van der Waals surface area (Å²) in [5.74, 6) is -0.508. The molecule has 0 atom stereocenters. The van der Waals surface area contributed by atoms with E-state index in [9.17, 15) is 18.0 Å². The van der Waals surface area contributed by atoms with Gasteiger partial charge in [0.1, 0.15) is 4.83 Å². The van der Waals surface area contributed by atoms with E-state index >= 15 is 0 Å². The highest BCUT2D eigenvalue weighted by atomic mass is 32.1. The number of anilines is 1. The zero-order valence-corrected chi connectivity index (χ0v) is 13.1. The Balaban J connectivity index is 2.31. The highest BCUT2D eigenvalue weighted by Gasteiger charge is 2.34. The van der Waals surface area contributed by atoms with Gasteiger partial charge in [-0.1, -0.05) is 18.2 Å². The Kier molecular flexibility index (Phi) is 3.88. The lowest BCUT2D eigenvalue weighted by atomic mass is 10.0. The van der Waals surface area contributed by atoms with Crippen molar-refractivity contribution in [3.05, 3.63) is 40.8 Å². The van der Waals surface area contributed by atoms with Crippen LogP contribution in [0.3, 0.4) is 0 Å². The molecule has 3 N–H and O–H groups in total. The van der Waals surface area contributed by atoms with E-state index in [1.807, 2.05) is 0 Å². The molecule has 2 heterocycles. The van der Waals surface area contributed by atoms with Crippen LogP contribution in [0, 0.1) is 0 Å². The molecule has 1 amide bonds. The molecule has 0 saturated heterocycles. The van der Waals surface area contributed by atoms with Gasteiger partial charge < -0.3 is 11.1 Å². The van der Waals surface area contributed by atoms with E-state index < -0.39 is 11.7 Å². The van der Waals surface area contributed by atoms with Crippen molar-refractivity contribution >= 4 is 33.4 Å². The van der Waals surface area contributed by atoms with Crippen LogP contribution >= 0.6 is 11.3 Å². The second-order valence-electron chi connectivity index (χ2n) is 4.88. The number of nitrogens with one attached hydrogen (secondary N) is 1. The van der Waals surface area contributed by atoms with Crippen LogP contribution in [0.5, 0.6) is 0 Å². The van der Waals surface area contributed by atoms with Crippen molar-refractivity contribution in [3.63, 3.8) is 0 Å². The first-order valence-electron chi connectivity index (χ1n) is 6.77. The Hall–Kier alpha value is -2.68. The molecule has 3 rings (SSSR count). The first-order chi connectivity index (χ1) is 11.3. The highest BCUT2D eigenvalue weighted by Crippen LogP contribution is 2.40. The van der Waals surface area contributed by atoms with Crippen molar-refractivity contribution in [2.45, 2.75) is 6.18 Å². The number of thiophene rings is 1. The highest BCUT2D eigenvalue weighted by molar-refractivity contribution is 7.20. The number of hydrogen-bond acceptors (Lipinski definition) is 5. The Morgan fingerprint density at radius 2 is 1.96 bits per heavy atom. The van der Waals surface area contributed by atoms with Gasteiger partial charge in [0.2, 0.25) is 5.95 Å². The van der Waals surface area contributed by atoms with Gasteiger partial charge in [-0.2, -0.15) is 13.2 Å². The van der Waals surface area contributed by atoms with Crippen molar-refractivity contribution in [2.24, 2.45) is 0 Å². The quantitative estimate of drug-likeness (QED) is 0.741. The molecule has 0 radical (unpaired) electrons. The molecule has 24 heavy (non-hydrogen) atoms. The lowest BCUT2D eigenvalue weighted by Gasteiger charge is -2.13. The Bertz CT molecular complexity index is 936. The molecule has 5 nitrogen and oxygen atoms in total. The maximum Gasteiger partial charge on any atom is 0.417 e. The minimum atomic E-state index is -4.54. The molecule has 0 saturated carbocycles. The van der Waals surface area contributed by atoms with Gasteiger partial charge >= 0.3 is 6.18 Å². The van der Waals surface area contributed by atoms with E-state index in [2.05, 4.69) is 15.3 Å². The van der Waals surface area contributed by atoms with Crippen LogP contribution < -0.4 is 11.1 Å². The molecule has 2 aromatic heterocycles. The lowest BCUT2D eigenvalue weighted by Crippen LogP contribution is -2.15. The van der Waals surface area contributed by atoms with E-state index in [0.29, 0.717) is 15.1 Å². The van der Waals surface area contributed by atoms with Crippen LogP contribution in [-0.2, 0) is 6.18 Å². The fraction of sp³-hybridized carbons (Fsp3) is 0.133. The second kappa shape index (κ2) is 5.75. The predicted octanol–water partition coefficient (Wildman–Crippen LogP) is 3.32. The van der Waals surface area contributed by atoms with Gasteiger partial charge in [-0.3, -0.25) is 4.79 Å². The van der Waals surface area contributed by atoms with Crippen molar-refractivity contribution in [3.8, 4) is 11.3 Å². The minimum absolute atomic E-state index is 0.0526. The van der Waals surface area contributed by atoms with Gasteiger partial charge in [-0.15, -0.1) is 11.3 Å². The maximum absolute atomic E-state index is 13.3. The third-order valence-electron chi connectivity index (χ3n) is 3.35. The number of rotatable bonds is 2. The van der Waals surface area contributed by atoms with E-state index in [-0.39, 0.29) is 23.1 Å². The van der Waals surface area contributed by atoms with E-state index in [1.165, 1.54) is 31.3 Å². The van der Waals surface area contributed by atoms with Crippen LogP contribution in [0.15, 0.2) is 30.3 Å². The molecule has 0 fully saturated rings. The van der Waals surface area contributed by atoms with E-state index in [4.69, 9.17) is 5.73 Å². The molecule has 3 aromatic rings. The molecule has 0 aliphatic carbocycles. The lowest BCUT2D eigenvalue weighted by molar-refractivity contribution is -0.137. The number of alkyl halides is 3. The monoisotopic (exact) mass is 352 g/mol. The van der Waals surface area contributed by atoms with E-state index in [0.717, 1.165) is 17.4 Å². The summed E-state index contributed by atoms with van der Waals surface area (Å²) in [7, 11) is 1.46.